The number of hydrogen-bond acceptors (Lipinski definition) is 5. The van der Waals surface area contributed by atoms with Gasteiger partial charge in [-0.3, -0.25) is 9.36 Å². The largest absolute Gasteiger partial charge is 0.441 e. The molecule has 0 saturated heterocycles. The quantitative estimate of drug-likeness (QED) is 0.627. The molecule has 4 aromatic rings. The van der Waals surface area contributed by atoms with Crippen molar-refractivity contribution >= 4 is 22.7 Å². The van der Waals surface area contributed by atoms with E-state index in [4.69, 9.17) is 4.42 Å². The molecule has 0 unspecified atom stereocenters. The van der Waals surface area contributed by atoms with Gasteiger partial charge in [-0.05, 0) is 30.3 Å². The summed E-state index contributed by atoms with van der Waals surface area (Å²) < 4.78 is 7.19. The van der Waals surface area contributed by atoms with E-state index in [-0.39, 0.29) is 5.91 Å². The summed E-state index contributed by atoms with van der Waals surface area (Å²) in [6, 6.07) is 8.82. The van der Waals surface area contributed by atoms with Gasteiger partial charge in [-0.1, -0.05) is 0 Å². The van der Waals surface area contributed by atoms with Gasteiger partial charge >= 0.3 is 0 Å². The monoisotopic (exact) mass is 319 g/mol. The number of nitrogens with zero attached hydrogens (tertiary/aromatic N) is 4. The fourth-order valence-corrected chi connectivity index (χ4v) is 2.39. The van der Waals surface area contributed by atoms with Crippen LogP contribution < -0.4 is 5.32 Å². The summed E-state index contributed by atoms with van der Waals surface area (Å²) in [6.45, 7) is 1.78. The maximum absolute atomic E-state index is 12.3. The van der Waals surface area contributed by atoms with E-state index in [1.807, 2.05) is 0 Å². The number of benzene rings is 1. The Morgan fingerprint density at radius 3 is 2.92 bits per heavy atom. The molecule has 3 heterocycles. The van der Waals surface area contributed by atoms with Gasteiger partial charge in [-0.2, -0.15) is 0 Å². The molecule has 0 atom stereocenters. The van der Waals surface area contributed by atoms with Crippen molar-refractivity contribution < 1.29 is 9.21 Å². The highest BCUT2D eigenvalue weighted by molar-refractivity contribution is 6.04. The van der Waals surface area contributed by atoms with Gasteiger partial charge in [0.1, 0.15) is 17.7 Å². The lowest BCUT2D eigenvalue weighted by Gasteiger charge is -2.06. The Labute approximate surface area is 137 Å². The first-order chi connectivity index (χ1) is 11.7. The Hall–Kier alpha value is -3.48. The van der Waals surface area contributed by atoms with E-state index in [9.17, 15) is 4.79 Å². The minimum absolute atomic E-state index is 0.237. The summed E-state index contributed by atoms with van der Waals surface area (Å²) in [5.74, 6) is 1.05. The first-order valence-electron chi connectivity index (χ1n) is 7.32. The molecule has 0 bridgehead atoms. The molecular weight excluding hydrogens is 306 g/mol. The Morgan fingerprint density at radius 1 is 1.25 bits per heavy atom. The Bertz CT molecular complexity index is 1000. The van der Waals surface area contributed by atoms with E-state index < -0.39 is 0 Å². The summed E-state index contributed by atoms with van der Waals surface area (Å²) in [5, 5.41) is 2.83. The lowest BCUT2D eigenvalue weighted by atomic mass is 10.2. The minimum atomic E-state index is -0.237. The lowest BCUT2D eigenvalue weighted by molar-refractivity contribution is 0.102. The number of aromatic nitrogens is 4. The van der Waals surface area contributed by atoms with Crippen LogP contribution in [0, 0.1) is 6.92 Å². The van der Waals surface area contributed by atoms with E-state index in [1.165, 1.54) is 6.20 Å². The van der Waals surface area contributed by atoms with Gasteiger partial charge < -0.3 is 9.73 Å². The molecule has 118 valence electrons. The third-order valence-electron chi connectivity index (χ3n) is 3.53. The summed E-state index contributed by atoms with van der Waals surface area (Å²) in [6.07, 6.45) is 6.64. The van der Waals surface area contributed by atoms with Crippen LogP contribution in [-0.2, 0) is 0 Å². The van der Waals surface area contributed by atoms with Crippen molar-refractivity contribution in [1.82, 2.24) is 19.5 Å². The number of aryl methyl sites for hydroxylation is 1. The molecule has 1 N–H and O–H groups in total. The highest BCUT2D eigenvalue weighted by Gasteiger charge is 2.09. The van der Waals surface area contributed by atoms with Gasteiger partial charge in [0.15, 0.2) is 11.5 Å². The standard InChI is InChI=1S/C17H13N5O2/c1-11-20-14-8-13(3-4-15(14)24-11)21-17(23)12-2-5-16(19-9-12)22-7-6-18-10-22/h2-10H,1H3,(H,21,23). The van der Waals surface area contributed by atoms with Gasteiger partial charge in [-0.25, -0.2) is 15.0 Å². The maximum atomic E-state index is 12.3. The van der Waals surface area contributed by atoms with Crippen molar-refractivity contribution in [3.63, 3.8) is 0 Å². The van der Waals surface area contributed by atoms with Crippen molar-refractivity contribution in [2.75, 3.05) is 5.32 Å². The number of carbonyl (C=O) groups is 1. The zero-order valence-corrected chi connectivity index (χ0v) is 12.8. The normalized spacial score (nSPS) is 10.9. The molecular formula is C17H13N5O2. The van der Waals surface area contributed by atoms with Crippen LogP contribution in [-0.4, -0.2) is 25.4 Å². The van der Waals surface area contributed by atoms with Crippen molar-refractivity contribution in [1.29, 1.82) is 0 Å². The third kappa shape index (κ3) is 2.63. The lowest BCUT2D eigenvalue weighted by Crippen LogP contribution is -2.12. The second-order valence-electron chi connectivity index (χ2n) is 5.24. The van der Waals surface area contributed by atoms with Gasteiger partial charge in [0, 0.05) is 31.2 Å². The predicted molar refractivity (Wildman–Crippen MR) is 88.1 cm³/mol. The molecule has 0 saturated carbocycles. The molecule has 0 aliphatic heterocycles. The van der Waals surface area contributed by atoms with Gasteiger partial charge in [0.05, 0.1) is 5.56 Å². The first-order valence-corrected chi connectivity index (χ1v) is 7.32. The first kappa shape index (κ1) is 14.1. The predicted octanol–water partition coefficient (Wildman–Crippen LogP) is 2.97. The minimum Gasteiger partial charge on any atom is -0.441 e. The third-order valence-corrected chi connectivity index (χ3v) is 3.53. The molecule has 7 heteroatoms. The number of nitrogens with one attached hydrogen (secondary N) is 1. The van der Waals surface area contributed by atoms with Crippen LogP contribution in [0.5, 0.6) is 0 Å². The second-order valence-corrected chi connectivity index (χ2v) is 5.24. The Morgan fingerprint density at radius 2 is 2.17 bits per heavy atom. The zero-order chi connectivity index (χ0) is 16.5. The van der Waals surface area contributed by atoms with E-state index in [1.54, 1.807) is 60.5 Å². The van der Waals surface area contributed by atoms with E-state index in [2.05, 4.69) is 20.3 Å². The highest BCUT2D eigenvalue weighted by Crippen LogP contribution is 2.20. The van der Waals surface area contributed by atoms with Crippen LogP contribution in [0.3, 0.4) is 0 Å². The molecule has 1 amide bonds. The maximum Gasteiger partial charge on any atom is 0.257 e. The van der Waals surface area contributed by atoms with Gasteiger partial charge in [0.2, 0.25) is 0 Å². The van der Waals surface area contributed by atoms with Crippen molar-refractivity contribution in [2.45, 2.75) is 6.92 Å². The number of anilines is 1. The molecule has 1 aromatic carbocycles. The average molecular weight is 319 g/mol. The molecule has 0 fully saturated rings. The summed E-state index contributed by atoms with van der Waals surface area (Å²) in [5.41, 5.74) is 2.52. The zero-order valence-electron chi connectivity index (χ0n) is 12.8. The van der Waals surface area contributed by atoms with Crippen LogP contribution in [0.1, 0.15) is 16.2 Å². The summed E-state index contributed by atoms with van der Waals surface area (Å²) >= 11 is 0. The van der Waals surface area contributed by atoms with Crippen LogP contribution in [0.2, 0.25) is 0 Å². The summed E-state index contributed by atoms with van der Waals surface area (Å²) in [7, 11) is 0. The topological polar surface area (TPSA) is 85.8 Å². The number of hydrogen-bond donors (Lipinski definition) is 1. The molecule has 0 aliphatic rings. The van der Waals surface area contributed by atoms with Crippen molar-refractivity contribution in [3.05, 3.63) is 66.7 Å². The molecule has 0 radical (unpaired) electrons. The molecule has 0 spiro atoms. The van der Waals surface area contributed by atoms with Crippen LogP contribution in [0.25, 0.3) is 16.9 Å². The number of imidazole rings is 1. The number of pyridine rings is 1. The number of oxazole rings is 1. The fraction of sp³-hybridized carbons (Fsp3) is 0.0588. The summed E-state index contributed by atoms with van der Waals surface area (Å²) in [4.78, 5) is 24.8. The van der Waals surface area contributed by atoms with Gasteiger partial charge in [-0.15, -0.1) is 0 Å². The van der Waals surface area contributed by atoms with Gasteiger partial charge in [0.25, 0.3) is 5.91 Å². The van der Waals surface area contributed by atoms with Crippen LogP contribution >= 0.6 is 0 Å². The SMILES string of the molecule is Cc1nc2cc(NC(=O)c3ccc(-n4ccnc4)nc3)ccc2o1. The van der Waals surface area contributed by atoms with E-state index >= 15 is 0 Å². The van der Waals surface area contributed by atoms with Crippen molar-refractivity contribution in [3.8, 4) is 5.82 Å². The number of carbonyl (C=O) groups excluding carboxylic acids is 1. The van der Waals surface area contributed by atoms with Crippen molar-refractivity contribution in [2.24, 2.45) is 0 Å². The van der Waals surface area contributed by atoms with E-state index in [0.717, 1.165) is 0 Å². The smallest absolute Gasteiger partial charge is 0.257 e. The number of amides is 1. The van der Waals surface area contributed by atoms with Crippen LogP contribution in [0.4, 0.5) is 5.69 Å². The molecule has 3 aromatic heterocycles. The average Bonchev–Trinajstić information content (AvgIpc) is 3.23. The van der Waals surface area contributed by atoms with Crippen LogP contribution in [0.15, 0.2) is 59.7 Å². The fourth-order valence-electron chi connectivity index (χ4n) is 2.39. The number of rotatable bonds is 3. The Balaban J connectivity index is 1.54. The Kier molecular flexibility index (Phi) is 3.31. The number of fused-ring (bicyclic) bond motifs is 1. The molecule has 7 nitrogen and oxygen atoms in total. The molecule has 0 aliphatic carbocycles. The highest BCUT2D eigenvalue weighted by atomic mass is 16.3. The second kappa shape index (κ2) is 5.62. The van der Waals surface area contributed by atoms with E-state index in [0.29, 0.717) is 34.1 Å². The molecule has 24 heavy (non-hydrogen) atoms. The molecule has 4 rings (SSSR count).